The van der Waals surface area contributed by atoms with Crippen molar-refractivity contribution in [1.29, 1.82) is 5.26 Å². The topological polar surface area (TPSA) is 71.3 Å². The molecule has 130 valence electrons. The molecule has 6 heteroatoms. The number of ether oxygens (including phenoxy) is 2. The molecule has 1 atom stereocenters. The molecule has 1 aromatic heterocycles. The molecule has 0 spiro atoms. The third-order valence-electron chi connectivity index (χ3n) is 4.24. The van der Waals surface area contributed by atoms with E-state index in [1.165, 1.54) is 16.2 Å². The molecule has 1 N–H and O–H groups in total. The molecule has 1 aliphatic carbocycles. The monoisotopic (exact) mass is 356 g/mol. The number of nitrogens with one attached hydrogen (secondary N) is 1. The fourth-order valence-corrected chi connectivity index (χ4v) is 4.16. The van der Waals surface area contributed by atoms with Gasteiger partial charge < -0.3 is 14.8 Å². The molecule has 5 nitrogen and oxygen atoms in total. The second-order valence-corrected chi connectivity index (χ2v) is 7.06. The molecule has 0 saturated carbocycles. The molecular formula is C19H20N2O3S. The van der Waals surface area contributed by atoms with Crippen molar-refractivity contribution in [3.8, 4) is 17.6 Å². The van der Waals surface area contributed by atoms with Crippen LogP contribution in [0.2, 0.25) is 0 Å². The fourth-order valence-electron chi connectivity index (χ4n) is 2.92. The molecule has 0 aliphatic heterocycles. The number of carbonyl (C=O) groups excluding carboxylic acids is 1. The largest absolute Gasteiger partial charge is 0.497 e. The number of anilines is 1. The van der Waals surface area contributed by atoms with Crippen molar-refractivity contribution in [2.24, 2.45) is 0 Å². The van der Waals surface area contributed by atoms with E-state index in [1.807, 2.05) is 6.07 Å². The number of carbonyl (C=O) groups is 1. The fraction of sp³-hybridized carbons (Fsp3) is 0.368. The zero-order valence-electron chi connectivity index (χ0n) is 14.3. The first-order valence-corrected chi connectivity index (χ1v) is 9.10. The Morgan fingerprint density at radius 1 is 1.32 bits per heavy atom. The molecule has 2 aromatic rings. The number of nitrogens with zero attached hydrogens (tertiary/aromatic N) is 1. The first kappa shape index (κ1) is 17.3. The normalized spacial score (nSPS) is 14.1. The van der Waals surface area contributed by atoms with Crippen LogP contribution in [0.25, 0.3) is 0 Å². The van der Waals surface area contributed by atoms with Gasteiger partial charge in [-0.15, -0.1) is 11.3 Å². The SMILES string of the molecule is COc1cccc(O[C@H](C)C(=O)Nc2sc3c(c2C#N)CCCC3)c1. The first-order chi connectivity index (χ1) is 12.1. The molecule has 25 heavy (non-hydrogen) atoms. The van der Waals surface area contributed by atoms with Crippen LogP contribution in [0.1, 0.15) is 35.8 Å². The van der Waals surface area contributed by atoms with Gasteiger partial charge in [0.1, 0.15) is 22.6 Å². The highest BCUT2D eigenvalue weighted by molar-refractivity contribution is 7.16. The van der Waals surface area contributed by atoms with Crippen molar-refractivity contribution in [2.75, 3.05) is 12.4 Å². The van der Waals surface area contributed by atoms with E-state index in [9.17, 15) is 10.1 Å². The van der Waals surface area contributed by atoms with Crippen LogP contribution in [0.4, 0.5) is 5.00 Å². The van der Waals surface area contributed by atoms with Crippen LogP contribution in [-0.2, 0) is 17.6 Å². The molecule has 1 aliphatic rings. The number of amides is 1. The smallest absolute Gasteiger partial charge is 0.265 e. The number of rotatable bonds is 5. The molecule has 0 radical (unpaired) electrons. The number of nitriles is 1. The van der Waals surface area contributed by atoms with Crippen molar-refractivity contribution in [3.63, 3.8) is 0 Å². The zero-order valence-corrected chi connectivity index (χ0v) is 15.1. The minimum Gasteiger partial charge on any atom is -0.497 e. The summed E-state index contributed by atoms with van der Waals surface area (Å²) in [4.78, 5) is 13.7. The number of methoxy groups -OCH3 is 1. The number of thiophene rings is 1. The van der Waals surface area contributed by atoms with E-state index in [4.69, 9.17) is 9.47 Å². The molecule has 1 aromatic carbocycles. The molecule has 0 bridgehead atoms. The molecule has 0 fully saturated rings. The van der Waals surface area contributed by atoms with Gasteiger partial charge in [0, 0.05) is 10.9 Å². The Balaban J connectivity index is 1.71. The maximum Gasteiger partial charge on any atom is 0.265 e. The Morgan fingerprint density at radius 2 is 2.08 bits per heavy atom. The second-order valence-electron chi connectivity index (χ2n) is 5.96. The third-order valence-corrected chi connectivity index (χ3v) is 5.45. The lowest BCUT2D eigenvalue weighted by Crippen LogP contribution is -2.30. The van der Waals surface area contributed by atoms with E-state index in [2.05, 4.69) is 11.4 Å². The van der Waals surface area contributed by atoms with Gasteiger partial charge in [-0.05, 0) is 50.3 Å². The van der Waals surface area contributed by atoms with Crippen molar-refractivity contribution in [1.82, 2.24) is 0 Å². The summed E-state index contributed by atoms with van der Waals surface area (Å²) in [6.45, 7) is 1.69. The summed E-state index contributed by atoms with van der Waals surface area (Å²) in [5.41, 5.74) is 1.72. The third kappa shape index (κ3) is 3.77. The quantitative estimate of drug-likeness (QED) is 0.881. The van der Waals surface area contributed by atoms with Crippen LogP contribution in [0.5, 0.6) is 11.5 Å². The molecule has 1 heterocycles. The summed E-state index contributed by atoms with van der Waals surface area (Å²) in [5.74, 6) is 0.966. The van der Waals surface area contributed by atoms with Crippen molar-refractivity contribution in [2.45, 2.75) is 38.7 Å². The number of hydrogen-bond acceptors (Lipinski definition) is 5. The van der Waals surface area contributed by atoms with Crippen molar-refractivity contribution < 1.29 is 14.3 Å². The van der Waals surface area contributed by atoms with Gasteiger partial charge in [-0.2, -0.15) is 5.26 Å². The summed E-state index contributed by atoms with van der Waals surface area (Å²) in [5, 5.41) is 13.0. The summed E-state index contributed by atoms with van der Waals surface area (Å²) in [6.07, 6.45) is 3.46. The van der Waals surface area contributed by atoms with Crippen LogP contribution < -0.4 is 14.8 Å². The predicted octanol–water partition coefficient (Wildman–Crippen LogP) is 3.91. The van der Waals surface area contributed by atoms with Gasteiger partial charge in [0.25, 0.3) is 5.91 Å². The van der Waals surface area contributed by atoms with E-state index in [1.54, 1.807) is 32.2 Å². The van der Waals surface area contributed by atoms with Gasteiger partial charge in [0.05, 0.1) is 12.7 Å². The van der Waals surface area contributed by atoms with E-state index >= 15 is 0 Å². The van der Waals surface area contributed by atoms with Gasteiger partial charge in [0.2, 0.25) is 0 Å². The maximum absolute atomic E-state index is 12.5. The summed E-state index contributed by atoms with van der Waals surface area (Å²) in [7, 11) is 1.58. The standard InChI is InChI=1S/C19H20N2O3S/c1-12(24-14-7-5-6-13(10-14)23-2)18(22)21-19-16(11-20)15-8-3-4-9-17(15)25-19/h5-7,10,12H,3-4,8-9H2,1-2H3,(H,21,22)/t12-/m1/s1. The molecule has 0 saturated heterocycles. The van der Waals surface area contributed by atoms with Crippen LogP contribution in [0.3, 0.4) is 0 Å². The lowest BCUT2D eigenvalue weighted by atomic mass is 9.96. The van der Waals surface area contributed by atoms with Gasteiger partial charge in [0.15, 0.2) is 6.10 Å². The van der Waals surface area contributed by atoms with Crippen LogP contribution in [-0.4, -0.2) is 19.1 Å². The summed E-state index contributed by atoms with van der Waals surface area (Å²) >= 11 is 1.51. The average molecular weight is 356 g/mol. The molecule has 3 rings (SSSR count). The van der Waals surface area contributed by atoms with Crippen LogP contribution in [0.15, 0.2) is 24.3 Å². The lowest BCUT2D eigenvalue weighted by Gasteiger charge is -2.14. The second kappa shape index (κ2) is 7.58. The van der Waals surface area contributed by atoms with E-state index in [0.717, 1.165) is 31.2 Å². The molecular weight excluding hydrogens is 336 g/mol. The van der Waals surface area contributed by atoms with Gasteiger partial charge in [-0.3, -0.25) is 4.79 Å². The first-order valence-electron chi connectivity index (χ1n) is 8.28. The van der Waals surface area contributed by atoms with Gasteiger partial charge >= 0.3 is 0 Å². The van der Waals surface area contributed by atoms with E-state index in [-0.39, 0.29) is 5.91 Å². The lowest BCUT2D eigenvalue weighted by molar-refractivity contribution is -0.122. The highest BCUT2D eigenvalue weighted by Crippen LogP contribution is 2.37. The van der Waals surface area contributed by atoms with Gasteiger partial charge in [-0.1, -0.05) is 6.07 Å². The Morgan fingerprint density at radius 3 is 2.84 bits per heavy atom. The summed E-state index contributed by atoms with van der Waals surface area (Å²) in [6, 6.07) is 9.37. The predicted molar refractivity (Wildman–Crippen MR) is 97.4 cm³/mol. The average Bonchev–Trinajstić information content (AvgIpc) is 2.98. The Labute approximate surface area is 151 Å². The minimum atomic E-state index is -0.683. The molecule has 0 unspecified atom stereocenters. The van der Waals surface area contributed by atoms with Crippen LogP contribution >= 0.6 is 11.3 Å². The van der Waals surface area contributed by atoms with E-state index in [0.29, 0.717) is 22.1 Å². The zero-order chi connectivity index (χ0) is 17.8. The van der Waals surface area contributed by atoms with Crippen molar-refractivity contribution in [3.05, 3.63) is 40.3 Å². The highest BCUT2D eigenvalue weighted by Gasteiger charge is 2.23. The summed E-state index contributed by atoms with van der Waals surface area (Å²) < 4.78 is 10.9. The van der Waals surface area contributed by atoms with Gasteiger partial charge in [-0.25, -0.2) is 0 Å². The number of aryl methyl sites for hydroxylation is 1. The number of fused-ring (bicyclic) bond motifs is 1. The van der Waals surface area contributed by atoms with E-state index < -0.39 is 6.10 Å². The van der Waals surface area contributed by atoms with Crippen LogP contribution in [0, 0.1) is 11.3 Å². The number of hydrogen-bond donors (Lipinski definition) is 1. The highest BCUT2D eigenvalue weighted by atomic mass is 32.1. The Bertz CT molecular complexity index is 823. The maximum atomic E-state index is 12.5. The minimum absolute atomic E-state index is 0.266. The molecule has 1 amide bonds. The Kier molecular flexibility index (Phi) is 5.25. The van der Waals surface area contributed by atoms with Crippen molar-refractivity contribution >= 4 is 22.2 Å². The Hall–Kier alpha value is -2.52. The number of benzene rings is 1.